The maximum absolute atomic E-state index is 6.03. The molecule has 0 aromatic rings. The zero-order valence-corrected chi connectivity index (χ0v) is 19.5. The summed E-state index contributed by atoms with van der Waals surface area (Å²) >= 11 is 0. The van der Waals surface area contributed by atoms with Gasteiger partial charge in [-0.05, 0) is 38.5 Å². The molecule has 0 saturated heterocycles. The molecule has 0 bridgehead atoms. The maximum Gasteiger partial charge on any atom is 0.104 e. The van der Waals surface area contributed by atoms with Crippen LogP contribution in [0.1, 0.15) is 77.0 Å². The summed E-state index contributed by atoms with van der Waals surface area (Å²) in [4.78, 5) is 0. The molecular weight excluding hydrogens is 378 g/mol. The van der Waals surface area contributed by atoms with Crippen molar-refractivity contribution in [2.24, 2.45) is 5.73 Å². The van der Waals surface area contributed by atoms with E-state index in [4.69, 9.17) is 24.7 Å². The molecule has 0 aromatic heterocycles. The number of hydrogen-bond donors (Lipinski definition) is 1. The zero-order chi connectivity index (χ0) is 22.0. The van der Waals surface area contributed by atoms with Crippen LogP contribution in [-0.2, 0) is 18.9 Å². The highest BCUT2D eigenvalue weighted by Gasteiger charge is 2.10. The number of hydrogen-bond acceptors (Lipinski definition) is 5. The molecular formula is C25H49NO4. The SMILES string of the molecule is C=CCCCCCCCOCC(COCCOCCN)OCCCCCCCC=C. The molecule has 1 atom stereocenters. The van der Waals surface area contributed by atoms with Gasteiger partial charge in [0.25, 0.3) is 0 Å². The van der Waals surface area contributed by atoms with Gasteiger partial charge in [0, 0.05) is 19.8 Å². The van der Waals surface area contributed by atoms with Crippen LogP contribution in [0.3, 0.4) is 0 Å². The van der Waals surface area contributed by atoms with Gasteiger partial charge >= 0.3 is 0 Å². The largest absolute Gasteiger partial charge is 0.379 e. The van der Waals surface area contributed by atoms with Gasteiger partial charge in [-0.3, -0.25) is 0 Å². The van der Waals surface area contributed by atoms with Crippen LogP contribution >= 0.6 is 0 Å². The molecule has 0 aliphatic heterocycles. The van der Waals surface area contributed by atoms with E-state index in [2.05, 4.69) is 13.2 Å². The molecule has 5 nitrogen and oxygen atoms in total. The average molecular weight is 428 g/mol. The lowest BCUT2D eigenvalue weighted by molar-refractivity contribution is -0.0678. The Balaban J connectivity index is 3.81. The first-order valence-electron chi connectivity index (χ1n) is 12.1. The summed E-state index contributed by atoms with van der Waals surface area (Å²) in [5, 5.41) is 0. The lowest BCUT2D eigenvalue weighted by Crippen LogP contribution is -2.27. The lowest BCUT2D eigenvalue weighted by Gasteiger charge is -2.18. The lowest BCUT2D eigenvalue weighted by atomic mass is 10.1. The summed E-state index contributed by atoms with van der Waals surface area (Å²) in [7, 11) is 0. The molecule has 0 fully saturated rings. The molecule has 0 saturated carbocycles. The van der Waals surface area contributed by atoms with Crippen molar-refractivity contribution in [1.82, 2.24) is 0 Å². The van der Waals surface area contributed by atoms with Gasteiger partial charge in [-0.2, -0.15) is 0 Å². The van der Waals surface area contributed by atoms with Crippen molar-refractivity contribution in [1.29, 1.82) is 0 Å². The van der Waals surface area contributed by atoms with Gasteiger partial charge in [0.05, 0.1) is 33.0 Å². The van der Waals surface area contributed by atoms with E-state index in [0.29, 0.717) is 39.6 Å². The minimum Gasteiger partial charge on any atom is -0.379 e. The normalized spacial score (nSPS) is 12.2. The van der Waals surface area contributed by atoms with Crippen molar-refractivity contribution in [3.8, 4) is 0 Å². The van der Waals surface area contributed by atoms with Crippen LogP contribution in [0.4, 0.5) is 0 Å². The molecule has 1 unspecified atom stereocenters. The molecule has 0 radical (unpaired) electrons. The Labute approximate surface area is 186 Å². The van der Waals surface area contributed by atoms with Crippen LogP contribution in [0.15, 0.2) is 25.3 Å². The van der Waals surface area contributed by atoms with Crippen LogP contribution in [0.5, 0.6) is 0 Å². The zero-order valence-electron chi connectivity index (χ0n) is 19.5. The molecule has 0 aromatic carbocycles. The molecule has 2 N–H and O–H groups in total. The third kappa shape index (κ3) is 23.6. The van der Waals surface area contributed by atoms with E-state index in [1.165, 1.54) is 51.4 Å². The van der Waals surface area contributed by atoms with E-state index in [-0.39, 0.29) is 6.10 Å². The van der Waals surface area contributed by atoms with Crippen molar-refractivity contribution in [3.05, 3.63) is 25.3 Å². The molecule has 0 aliphatic carbocycles. The number of ether oxygens (including phenoxy) is 4. The number of unbranched alkanes of at least 4 members (excludes halogenated alkanes) is 10. The van der Waals surface area contributed by atoms with Crippen LogP contribution in [0.2, 0.25) is 0 Å². The molecule has 0 rings (SSSR count). The second kappa shape index (κ2) is 26.3. The summed E-state index contributed by atoms with van der Waals surface area (Å²) < 4.78 is 23.0. The van der Waals surface area contributed by atoms with Crippen LogP contribution < -0.4 is 5.73 Å². The number of rotatable bonds is 26. The summed E-state index contributed by atoms with van der Waals surface area (Å²) in [5.74, 6) is 0. The first kappa shape index (κ1) is 29.3. The second-order valence-electron chi connectivity index (χ2n) is 7.73. The van der Waals surface area contributed by atoms with E-state index in [1.54, 1.807) is 0 Å². The summed E-state index contributed by atoms with van der Waals surface area (Å²) in [6.07, 6.45) is 18.5. The quantitative estimate of drug-likeness (QED) is 0.147. The number of nitrogens with two attached hydrogens (primary N) is 1. The highest BCUT2D eigenvalue weighted by atomic mass is 16.6. The molecule has 0 aliphatic rings. The smallest absolute Gasteiger partial charge is 0.104 e. The maximum atomic E-state index is 6.03. The van der Waals surface area contributed by atoms with Gasteiger partial charge in [-0.15, -0.1) is 13.2 Å². The number of allylic oxidation sites excluding steroid dienone is 2. The van der Waals surface area contributed by atoms with Crippen molar-refractivity contribution >= 4 is 0 Å². The topological polar surface area (TPSA) is 62.9 Å². The van der Waals surface area contributed by atoms with Gasteiger partial charge in [0.2, 0.25) is 0 Å². The fraction of sp³-hybridized carbons (Fsp3) is 0.840. The minimum absolute atomic E-state index is 0.00661. The highest BCUT2D eigenvalue weighted by Crippen LogP contribution is 2.08. The van der Waals surface area contributed by atoms with E-state index in [9.17, 15) is 0 Å². The fourth-order valence-electron chi connectivity index (χ4n) is 3.07. The van der Waals surface area contributed by atoms with Gasteiger partial charge in [0.1, 0.15) is 6.10 Å². The first-order valence-corrected chi connectivity index (χ1v) is 12.1. The predicted molar refractivity (Wildman–Crippen MR) is 127 cm³/mol. The Morgan fingerprint density at radius 3 is 1.67 bits per heavy atom. The highest BCUT2D eigenvalue weighted by molar-refractivity contribution is 4.66. The third-order valence-electron chi connectivity index (χ3n) is 4.84. The first-order chi connectivity index (χ1) is 14.8. The van der Waals surface area contributed by atoms with E-state index >= 15 is 0 Å². The minimum atomic E-state index is -0.00661. The van der Waals surface area contributed by atoms with Crippen LogP contribution in [0.25, 0.3) is 0 Å². The molecule has 178 valence electrons. The Morgan fingerprint density at radius 2 is 1.07 bits per heavy atom. The summed E-state index contributed by atoms with van der Waals surface area (Å²) in [6, 6.07) is 0. The van der Waals surface area contributed by atoms with Crippen molar-refractivity contribution in [2.75, 3.05) is 52.8 Å². The van der Waals surface area contributed by atoms with E-state index < -0.39 is 0 Å². The Kier molecular flexibility index (Phi) is 25.7. The monoisotopic (exact) mass is 427 g/mol. The average Bonchev–Trinajstić information content (AvgIpc) is 2.76. The van der Waals surface area contributed by atoms with Crippen LogP contribution in [-0.4, -0.2) is 58.9 Å². The van der Waals surface area contributed by atoms with Gasteiger partial charge in [-0.1, -0.05) is 50.7 Å². The predicted octanol–water partition coefficient (Wildman–Crippen LogP) is 5.43. The van der Waals surface area contributed by atoms with E-state index in [0.717, 1.165) is 38.9 Å². The summed E-state index contributed by atoms with van der Waals surface area (Å²) in [6.45, 7) is 12.5. The Bertz CT molecular complexity index is 352. The van der Waals surface area contributed by atoms with Gasteiger partial charge < -0.3 is 24.7 Å². The van der Waals surface area contributed by atoms with Gasteiger partial charge in [-0.25, -0.2) is 0 Å². The molecule has 0 spiro atoms. The van der Waals surface area contributed by atoms with Crippen LogP contribution in [0, 0.1) is 0 Å². The molecule has 0 heterocycles. The third-order valence-corrected chi connectivity index (χ3v) is 4.84. The molecule has 0 amide bonds. The Hall–Kier alpha value is -0.720. The van der Waals surface area contributed by atoms with E-state index in [1.807, 2.05) is 12.2 Å². The second-order valence-corrected chi connectivity index (χ2v) is 7.73. The van der Waals surface area contributed by atoms with Crippen molar-refractivity contribution < 1.29 is 18.9 Å². The Morgan fingerprint density at radius 1 is 0.567 bits per heavy atom. The molecule has 30 heavy (non-hydrogen) atoms. The fourth-order valence-corrected chi connectivity index (χ4v) is 3.07. The molecule has 5 heteroatoms. The summed E-state index contributed by atoms with van der Waals surface area (Å²) in [5.41, 5.74) is 5.41. The standard InChI is InChI=1S/C25H49NO4/c1-3-5-7-9-11-13-15-18-28-23-25(24-29-22-21-27-20-17-26)30-19-16-14-12-10-8-6-4-2/h3-4,25H,1-2,5-24,26H2. The van der Waals surface area contributed by atoms with Crippen molar-refractivity contribution in [2.45, 2.75) is 83.2 Å². The van der Waals surface area contributed by atoms with Gasteiger partial charge in [0.15, 0.2) is 0 Å². The van der Waals surface area contributed by atoms with Crippen molar-refractivity contribution in [3.63, 3.8) is 0 Å².